The lowest BCUT2D eigenvalue weighted by molar-refractivity contribution is -0.386. The van der Waals surface area contributed by atoms with Crippen LogP contribution < -0.4 is 0 Å². The third-order valence-corrected chi connectivity index (χ3v) is 2.69. The highest BCUT2D eigenvalue weighted by Crippen LogP contribution is 2.32. The predicted octanol–water partition coefficient (Wildman–Crippen LogP) is 3.27. The van der Waals surface area contributed by atoms with Gasteiger partial charge in [-0.1, -0.05) is 0 Å². The summed E-state index contributed by atoms with van der Waals surface area (Å²) >= 11 is 6.96. The third-order valence-electron chi connectivity index (χ3n) is 1.60. The van der Waals surface area contributed by atoms with E-state index in [1.54, 1.807) is 0 Å². The lowest BCUT2D eigenvalue weighted by Gasteiger charge is -2.05. The van der Waals surface area contributed by atoms with Gasteiger partial charge in [0.05, 0.1) is 16.5 Å². The van der Waals surface area contributed by atoms with Crippen molar-refractivity contribution in [3.8, 4) is 0 Å². The fourth-order valence-corrected chi connectivity index (χ4v) is 1.94. The largest absolute Gasteiger partial charge is 0.282 e. The second-order valence-corrected chi connectivity index (χ2v) is 3.82. The van der Waals surface area contributed by atoms with Crippen LogP contribution in [0, 0.1) is 13.8 Å². The minimum atomic E-state index is -2.92. The maximum atomic E-state index is 12.5. The molecule has 0 bridgehead atoms. The first-order valence-electron chi connectivity index (χ1n) is 3.65. The van der Waals surface area contributed by atoms with Crippen LogP contribution in [0.25, 0.3) is 0 Å². The first-order valence-corrected chi connectivity index (χ1v) is 5.26. The maximum Gasteiger partial charge on any atom is 0.282 e. The van der Waals surface area contributed by atoms with Gasteiger partial charge in [0.1, 0.15) is 9.26 Å². The summed E-state index contributed by atoms with van der Waals surface area (Å²) in [5, 5.41) is 10.5. The van der Waals surface area contributed by atoms with Crippen molar-refractivity contribution < 1.29 is 13.7 Å². The molecule has 0 N–H and O–H groups in total. The number of hydrogen-bond acceptors (Lipinski definition) is 3. The van der Waals surface area contributed by atoms with Crippen LogP contribution >= 0.6 is 34.2 Å². The molecule has 1 heterocycles. The van der Waals surface area contributed by atoms with E-state index in [9.17, 15) is 18.9 Å². The number of nitrogens with zero attached hydrogens (tertiary/aromatic N) is 2. The predicted molar refractivity (Wildman–Crippen MR) is 58.1 cm³/mol. The zero-order chi connectivity index (χ0) is 11.6. The fraction of sp³-hybridized carbons (Fsp3) is 0.286. The lowest BCUT2D eigenvalue weighted by atomic mass is 10.2. The molecule has 82 valence electrons. The van der Waals surface area contributed by atoms with E-state index in [1.807, 2.05) is 0 Å². The molecule has 1 rings (SSSR count). The van der Waals surface area contributed by atoms with Gasteiger partial charge in [0.15, 0.2) is 0 Å². The molecule has 0 aliphatic rings. The Labute approximate surface area is 102 Å². The lowest BCUT2D eigenvalue weighted by Crippen LogP contribution is -2.03. The SMILES string of the molecule is O=[N+]([O-])c1cc(CCl)nc(I)c1C(F)F. The van der Waals surface area contributed by atoms with Gasteiger partial charge in [-0.15, -0.1) is 11.6 Å². The summed E-state index contributed by atoms with van der Waals surface area (Å²) in [6.45, 7) is 0. The Morgan fingerprint density at radius 2 is 2.27 bits per heavy atom. The summed E-state index contributed by atoms with van der Waals surface area (Å²) in [7, 11) is 0. The molecule has 0 amide bonds. The average molecular weight is 348 g/mol. The second kappa shape index (κ2) is 4.97. The zero-order valence-corrected chi connectivity index (χ0v) is 10.00. The summed E-state index contributed by atoms with van der Waals surface area (Å²) in [6, 6.07) is 0.969. The Morgan fingerprint density at radius 1 is 1.67 bits per heavy atom. The van der Waals surface area contributed by atoms with Crippen LogP contribution in [0.15, 0.2) is 6.07 Å². The van der Waals surface area contributed by atoms with Crippen LogP contribution in [0.5, 0.6) is 0 Å². The van der Waals surface area contributed by atoms with Gasteiger partial charge in [-0.3, -0.25) is 10.1 Å². The van der Waals surface area contributed by atoms with Crippen LogP contribution in [0.4, 0.5) is 14.5 Å². The molecule has 1 aromatic rings. The molecule has 0 spiro atoms. The van der Waals surface area contributed by atoms with Crippen molar-refractivity contribution in [1.82, 2.24) is 4.98 Å². The van der Waals surface area contributed by atoms with Crippen molar-refractivity contribution in [3.63, 3.8) is 0 Å². The smallest absolute Gasteiger partial charge is 0.258 e. The Morgan fingerprint density at radius 3 is 2.67 bits per heavy atom. The van der Waals surface area contributed by atoms with E-state index < -0.39 is 22.6 Å². The average Bonchev–Trinajstić information content (AvgIpc) is 2.15. The first kappa shape index (κ1) is 12.5. The molecule has 0 saturated heterocycles. The number of halogens is 4. The van der Waals surface area contributed by atoms with Crippen LogP contribution in [0.2, 0.25) is 0 Å². The number of aromatic nitrogens is 1. The van der Waals surface area contributed by atoms with Crippen LogP contribution in [0.3, 0.4) is 0 Å². The van der Waals surface area contributed by atoms with Crippen molar-refractivity contribution in [2.75, 3.05) is 0 Å². The second-order valence-electron chi connectivity index (χ2n) is 2.53. The molecule has 15 heavy (non-hydrogen) atoms. The quantitative estimate of drug-likeness (QED) is 0.277. The molecule has 0 saturated carbocycles. The summed E-state index contributed by atoms with van der Waals surface area (Å²) in [5.41, 5.74) is -1.09. The molecular weight excluding hydrogens is 344 g/mol. The van der Waals surface area contributed by atoms with Crippen molar-refractivity contribution >= 4 is 39.9 Å². The third kappa shape index (κ3) is 2.71. The van der Waals surface area contributed by atoms with E-state index in [1.165, 1.54) is 22.6 Å². The van der Waals surface area contributed by atoms with E-state index in [0.717, 1.165) is 6.07 Å². The number of alkyl halides is 3. The first-order chi connectivity index (χ1) is 6.97. The van der Waals surface area contributed by atoms with Gasteiger partial charge < -0.3 is 0 Å². The van der Waals surface area contributed by atoms with Gasteiger partial charge in [-0.25, -0.2) is 13.8 Å². The molecule has 0 aromatic carbocycles. The van der Waals surface area contributed by atoms with Crippen molar-refractivity contribution in [3.05, 3.63) is 31.1 Å². The summed E-state index contributed by atoms with van der Waals surface area (Å²) in [5.74, 6) is -0.0552. The highest BCUT2D eigenvalue weighted by molar-refractivity contribution is 14.1. The van der Waals surface area contributed by atoms with E-state index in [0.29, 0.717) is 0 Å². The van der Waals surface area contributed by atoms with Crippen LogP contribution in [-0.4, -0.2) is 9.91 Å². The van der Waals surface area contributed by atoms with E-state index in [2.05, 4.69) is 4.98 Å². The standard InChI is InChI=1S/C7H4ClF2IN2O2/c8-2-3-1-4(13(14)15)5(6(9)10)7(11)12-3/h1,6H,2H2. The molecule has 0 unspecified atom stereocenters. The van der Waals surface area contributed by atoms with Crippen molar-refractivity contribution in [2.45, 2.75) is 12.3 Å². The Kier molecular flexibility index (Phi) is 4.14. The minimum Gasteiger partial charge on any atom is -0.258 e. The Bertz CT molecular complexity index is 403. The monoisotopic (exact) mass is 348 g/mol. The molecule has 0 fully saturated rings. The highest BCUT2D eigenvalue weighted by atomic mass is 127. The molecular formula is C7H4ClF2IN2O2. The summed E-state index contributed by atoms with van der Waals surface area (Å²) in [4.78, 5) is 13.4. The normalized spacial score (nSPS) is 10.7. The molecule has 0 aliphatic carbocycles. The number of rotatable bonds is 3. The van der Waals surface area contributed by atoms with Gasteiger partial charge in [0.25, 0.3) is 12.1 Å². The molecule has 4 nitrogen and oxygen atoms in total. The number of hydrogen-bond donors (Lipinski definition) is 0. The molecule has 1 aromatic heterocycles. The van der Waals surface area contributed by atoms with Crippen molar-refractivity contribution in [1.29, 1.82) is 0 Å². The van der Waals surface area contributed by atoms with E-state index in [-0.39, 0.29) is 15.3 Å². The number of pyridine rings is 1. The Balaban J connectivity index is 3.42. The van der Waals surface area contributed by atoms with Gasteiger partial charge in [0, 0.05) is 6.07 Å². The molecule has 0 atom stereocenters. The molecule has 0 radical (unpaired) electrons. The van der Waals surface area contributed by atoms with Gasteiger partial charge in [-0.2, -0.15) is 0 Å². The summed E-state index contributed by atoms with van der Waals surface area (Å²) < 4.78 is 24.9. The van der Waals surface area contributed by atoms with E-state index >= 15 is 0 Å². The zero-order valence-electron chi connectivity index (χ0n) is 7.08. The van der Waals surface area contributed by atoms with Crippen molar-refractivity contribution in [2.24, 2.45) is 0 Å². The summed E-state index contributed by atoms with van der Waals surface area (Å²) in [6.07, 6.45) is -2.92. The minimum absolute atomic E-state index is 0.0552. The number of nitro groups is 1. The molecule has 0 aliphatic heterocycles. The topological polar surface area (TPSA) is 56.0 Å². The Hall–Kier alpha value is -0.570. The maximum absolute atomic E-state index is 12.5. The van der Waals surface area contributed by atoms with Gasteiger partial charge in [0.2, 0.25) is 0 Å². The fourth-order valence-electron chi connectivity index (χ4n) is 0.981. The highest BCUT2D eigenvalue weighted by Gasteiger charge is 2.26. The van der Waals surface area contributed by atoms with Crippen LogP contribution in [0.1, 0.15) is 17.7 Å². The van der Waals surface area contributed by atoms with Crippen LogP contribution in [-0.2, 0) is 5.88 Å². The van der Waals surface area contributed by atoms with Gasteiger partial charge >= 0.3 is 0 Å². The van der Waals surface area contributed by atoms with E-state index in [4.69, 9.17) is 11.6 Å². The molecule has 8 heteroatoms. The van der Waals surface area contributed by atoms with Gasteiger partial charge in [-0.05, 0) is 22.6 Å².